The van der Waals surface area contributed by atoms with E-state index in [1.165, 1.54) is 6.42 Å². The molecule has 1 amide bonds. The number of rotatable bonds is 2. The van der Waals surface area contributed by atoms with Gasteiger partial charge in [0.2, 0.25) is 5.91 Å². The molecule has 18 heavy (non-hydrogen) atoms. The van der Waals surface area contributed by atoms with E-state index < -0.39 is 5.38 Å². The Balaban J connectivity index is 2.19. The Hall–Kier alpha value is -0.440. The highest BCUT2D eigenvalue weighted by atomic mass is 35.5. The third-order valence-corrected chi connectivity index (χ3v) is 4.20. The average molecular weight is 307 g/mol. The van der Waals surface area contributed by atoms with E-state index in [0.29, 0.717) is 15.6 Å². The highest BCUT2D eigenvalue weighted by molar-refractivity contribution is 6.40. The van der Waals surface area contributed by atoms with Gasteiger partial charge >= 0.3 is 0 Å². The summed E-state index contributed by atoms with van der Waals surface area (Å²) in [6, 6.07) is 5.13. The molecule has 0 N–H and O–H groups in total. The highest BCUT2D eigenvalue weighted by Gasteiger charge is 2.28. The first-order valence-electron chi connectivity index (χ1n) is 5.98. The third-order valence-electron chi connectivity index (χ3n) is 3.14. The molecule has 2 nitrogen and oxygen atoms in total. The number of hydrogen-bond acceptors (Lipinski definition) is 1. The summed E-state index contributed by atoms with van der Waals surface area (Å²) in [5.41, 5.74) is 0.512. The minimum atomic E-state index is -0.802. The zero-order valence-corrected chi connectivity index (χ0v) is 12.1. The van der Waals surface area contributed by atoms with Gasteiger partial charge in [-0.2, -0.15) is 0 Å². The molecule has 0 radical (unpaired) electrons. The summed E-state index contributed by atoms with van der Waals surface area (Å²) in [5.74, 6) is -0.105. The Labute approximate surface area is 122 Å². The van der Waals surface area contributed by atoms with Gasteiger partial charge in [0.1, 0.15) is 5.38 Å². The summed E-state index contributed by atoms with van der Waals surface area (Å²) in [7, 11) is 0. The van der Waals surface area contributed by atoms with Gasteiger partial charge < -0.3 is 4.90 Å². The summed E-state index contributed by atoms with van der Waals surface area (Å²) in [6.07, 6.45) is 3.24. The molecule has 5 heteroatoms. The van der Waals surface area contributed by atoms with Gasteiger partial charge in [0.25, 0.3) is 0 Å². The van der Waals surface area contributed by atoms with E-state index in [0.717, 1.165) is 25.9 Å². The van der Waals surface area contributed by atoms with Crippen molar-refractivity contribution in [3.63, 3.8) is 0 Å². The number of amides is 1. The summed E-state index contributed by atoms with van der Waals surface area (Å²) in [5, 5.41) is 0.0741. The van der Waals surface area contributed by atoms with Crippen molar-refractivity contribution in [2.75, 3.05) is 13.1 Å². The molecule has 0 aromatic heterocycles. The second-order valence-electron chi connectivity index (χ2n) is 4.38. The van der Waals surface area contributed by atoms with Crippen LogP contribution < -0.4 is 0 Å². The van der Waals surface area contributed by atoms with Crippen molar-refractivity contribution in [1.82, 2.24) is 4.90 Å². The molecule has 1 heterocycles. The number of likely N-dealkylation sites (tertiary alicyclic amines) is 1. The molecule has 1 aliphatic heterocycles. The van der Waals surface area contributed by atoms with Crippen LogP contribution in [0.25, 0.3) is 0 Å². The second kappa shape index (κ2) is 6.14. The highest BCUT2D eigenvalue weighted by Crippen LogP contribution is 2.35. The third kappa shape index (κ3) is 2.93. The molecular formula is C13H14Cl3NO. The van der Waals surface area contributed by atoms with Crippen LogP contribution >= 0.6 is 34.8 Å². The molecule has 1 aromatic rings. The minimum absolute atomic E-state index is 0.105. The fourth-order valence-electron chi connectivity index (χ4n) is 2.15. The molecule has 0 bridgehead atoms. The Kier molecular flexibility index (Phi) is 4.77. The van der Waals surface area contributed by atoms with Crippen LogP contribution in [0, 0.1) is 0 Å². The fourth-order valence-corrected chi connectivity index (χ4v) is 3.25. The molecule has 1 atom stereocenters. The van der Waals surface area contributed by atoms with E-state index in [1.807, 2.05) is 0 Å². The van der Waals surface area contributed by atoms with Gasteiger partial charge in [0.15, 0.2) is 0 Å². The van der Waals surface area contributed by atoms with E-state index in [-0.39, 0.29) is 5.91 Å². The molecule has 1 saturated heterocycles. The van der Waals surface area contributed by atoms with Crippen molar-refractivity contribution in [3.8, 4) is 0 Å². The van der Waals surface area contributed by atoms with Crippen LogP contribution in [0.15, 0.2) is 18.2 Å². The Morgan fingerprint density at radius 3 is 2.22 bits per heavy atom. The number of benzene rings is 1. The first-order valence-corrected chi connectivity index (χ1v) is 7.17. The number of carbonyl (C=O) groups excluding carboxylic acids is 1. The Morgan fingerprint density at radius 2 is 1.67 bits per heavy atom. The largest absolute Gasteiger partial charge is 0.341 e. The van der Waals surface area contributed by atoms with Crippen molar-refractivity contribution in [1.29, 1.82) is 0 Å². The molecule has 2 rings (SSSR count). The summed E-state index contributed by atoms with van der Waals surface area (Å²) < 4.78 is 0. The van der Waals surface area contributed by atoms with Crippen molar-refractivity contribution in [2.45, 2.75) is 24.6 Å². The number of nitrogens with zero attached hydrogens (tertiary/aromatic N) is 1. The monoisotopic (exact) mass is 305 g/mol. The second-order valence-corrected chi connectivity index (χ2v) is 5.63. The molecule has 1 unspecified atom stereocenters. The zero-order chi connectivity index (χ0) is 13.1. The van der Waals surface area contributed by atoms with Crippen molar-refractivity contribution >= 4 is 40.7 Å². The number of halogens is 3. The maximum Gasteiger partial charge on any atom is 0.245 e. The van der Waals surface area contributed by atoms with Crippen molar-refractivity contribution < 1.29 is 4.79 Å². The summed E-state index contributed by atoms with van der Waals surface area (Å²) in [6.45, 7) is 1.54. The lowest BCUT2D eigenvalue weighted by Gasteiger charge is -2.29. The average Bonchev–Trinajstić information content (AvgIpc) is 2.38. The lowest BCUT2D eigenvalue weighted by atomic mass is 10.1. The maximum absolute atomic E-state index is 12.3. The van der Waals surface area contributed by atoms with Gasteiger partial charge in [-0.15, -0.1) is 11.6 Å². The summed E-state index contributed by atoms with van der Waals surface area (Å²) in [4.78, 5) is 14.1. The molecular weight excluding hydrogens is 293 g/mol. The molecule has 1 aromatic carbocycles. The SMILES string of the molecule is O=C(C(Cl)c1c(Cl)cccc1Cl)N1CCCCC1. The number of carbonyl (C=O) groups is 1. The minimum Gasteiger partial charge on any atom is -0.341 e. The number of alkyl halides is 1. The predicted octanol–water partition coefficient (Wildman–Crippen LogP) is 4.29. The lowest BCUT2D eigenvalue weighted by molar-refractivity contribution is -0.131. The maximum atomic E-state index is 12.3. The molecule has 0 aliphatic carbocycles. The van der Waals surface area contributed by atoms with Crippen LogP contribution in [0.4, 0.5) is 0 Å². The van der Waals surface area contributed by atoms with E-state index in [4.69, 9.17) is 34.8 Å². The first-order chi connectivity index (χ1) is 8.61. The molecule has 98 valence electrons. The first kappa shape index (κ1) is 14.0. The Morgan fingerprint density at radius 1 is 1.11 bits per heavy atom. The zero-order valence-electron chi connectivity index (χ0n) is 9.83. The molecule has 0 spiro atoms. The quantitative estimate of drug-likeness (QED) is 0.747. The van der Waals surface area contributed by atoms with E-state index >= 15 is 0 Å². The fraction of sp³-hybridized carbons (Fsp3) is 0.462. The molecule has 1 aliphatic rings. The van der Waals surface area contributed by atoms with Crippen molar-refractivity contribution in [3.05, 3.63) is 33.8 Å². The van der Waals surface area contributed by atoms with Crippen LogP contribution in [0.5, 0.6) is 0 Å². The van der Waals surface area contributed by atoms with Crippen molar-refractivity contribution in [2.24, 2.45) is 0 Å². The normalized spacial score (nSPS) is 17.6. The van der Waals surface area contributed by atoms with Gasteiger partial charge in [-0.3, -0.25) is 4.79 Å². The molecule has 1 fully saturated rings. The van der Waals surface area contributed by atoms with Gasteiger partial charge in [-0.1, -0.05) is 29.3 Å². The lowest BCUT2D eigenvalue weighted by Crippen LogP contribution is -2.37. The Bertz CT molecular complexity index is 424. The molecule has 0 saturated carbocycles. The number of hydrogen-bond donors (Lipinski definition) is 0. The van der Waals surface area contributed by atoms with Crippen LogP contribution in [0.1, 0.15) is 30.2 Å². The topological polar surface area (TPSA) is 20.3 Å². The predicted molar refractivity (Wildman–Crippen MR) is 75.5 cm³/mol. The smallest absolute Gasteiger partial charge is 0.245 e. The van der Waals surface area contributed by atoms with Crippen LogP contribution in [-0.2, 0) is 4.79 Å². The van der Waals surface area contributed by atoms with Crippen LogP contribution in [-0.4, -0.2) is 23.9 Å². The van der Waals surface area contributed by atoms with Gasteiger partial charge in [0, 0.05) is 28.7 Å². The van der Waals surface area contributed by atoms with E-state index in [1.54, 1.807) is 23.1 Å². The van der Waals surface area contributed by atoms with Gasteiger partial charge in [-0.25, -0.2) is 0 Å². The van der Waals surface area contributed by atoms with E-state index in [9.17, 15) is 4.79 Å². The summed E-state index contributed by atoms with van der Waals surface area (Å²) >= 11 is 18.4. The number of piperidine rings is 1. The van der Waals surface area contributed by atoms with Gasteiger partial charge in [0.05, 0.1) is 0 Å². The van der Waals surface area contributed by atoms with Crippen LogP contribution in [0.2, 0.25) is 10.0 Å². The van der Waals surface area contributed by atoms with Crippen LogP contribution in [0.3, 0.4) is 0 Å². The standard InChI is InChI=1S/C13H14Cl3NO/c14-9-5-4-6-10(15)11(9)12(16)13(18)17-7-2-1-3-8-17/h4-6,12H,1-3,7-8H2. The van der Waals surface area contributed by atoms with Gasteiger partial charge in [-0.05, 0) is 31.4 Å². The van der Waals surface area contributed by atoms with E-state index in [2.05, 4.69) is 0 Å².